The number of thioether (sulfide) groups is 1. The Morgan fingerprint density at radius 3 is 2.71 bits per heavy atom. The van der Waals surface area contributed by atoms with Crippen LogP contribution < -0.4 is 5.32 Å². The quantitative estimate of drug-likeness (QED) is 0.518. The highest BCUT2D eigenvalue weighted by Gasteiger charge is 2.15. The number of carbonyl (C=O) groups is 1. The molecule has 9 heteroatoms. The molecule has 0 fully saturated rings. The van der Waals surface area contributed by atoms with E-state index < -0.39 is 17.5 Å². The summed E-state index contributed by atoms with van der Waals surface area (Å²) in [6.45, 7) is 0. The molecule has 0 unspecified atom stereocenters. The lowest BCUT2D eigenvalue weighted by atomic mass is 10.1. The van der Waals surface area contributed by atoms with Gasteiger partial charge in [0, 0.05) is 5.39 Å². The molecule has 0 bridgehead atoms. The number of benzene rings is 3. The number of amides is 1. The van der Waals surface area contributed by atoms with E-state index in [1.54, 1.807) is 4.68 Å². The number of hydrogen-bond donors (Lipinski definition) is 1. The first-order valence-electron chi connectivity index (χ1n) is 8.26. The monoisotopic (exact) mass is 397 g/mol. The van der Waals surface area contributed by atoms with Crippen molar-refractivity contribution in [1.82, 2.24) is 20.2 Å². The predicted molar refractivity (Wildman–Crippen MR) is 102 cm³/mol. The zero-order chi connectivity index (χ0) is 19.5. The maximum Gasteiger partial charge on any atom is 0.234 e. The Morgan fingerprint density at radius 2 is 1.82 bits per heavy atom. The second-order valence-corrected chi connectivity index (χ2v) is 6.75. The van der Waals surface area contributed by atoms with Crippen LogP contribution in [0.5, 0.6) is 0 Å². The van der Waals surface area contributed by atoms with Crippen LogP contribution in [-0.2, 0) is 4.79 Å². The predicted octanol–water partition coefficient (Wildman–Crippen LogP) is 3.82. The van der Waals surface area contributed by atoms with Crippen LogP contribution in [-0.4, -0.2) is 31.9 Å². The van der Waals surface area contributed by atoms with Crippen LogP contribution in [0.2, 0.25) is 0 Å². The number of tetrazole rings is 1. The Hall–Kier alpha value is -3.33. The lowest BCUT2D eigenvalue weighted by Crippen LogP contribution is -2.16. The normalized spacial score (nSPS) is 10.9. The number of anilines is 1. The Morgan fingerprint density at radius 1 is 1.04 bits per heavy atom. The molecule has 1 aromatic heterocycles. The standard InChI is InChI=1S/C19H13F2N5OS/c20-14-8-4-9-15(18(14)21)22-17(27)11-28-19-23-24-25-26(19)16-10-3-6-12-5-1-2-7-13(12)16/h1-10H,11H2,(H,22,27). The van der Waals surface area contributed by atoms with E-state index in [9.17, 15) is 13.6 Å². The summed E-state index contributed by atoms with van der Waals surface area (Å²) in [5.41, 5.74) is 0.571. The van der Waals surface area contributed by atoms with Gasteiger partial charge >= 0.3 is 0 Å². The number of carbonyl (C=O) groups excluding carboxylic acids is 1. The fourth-order valence-electron chi connectivity index (χ4n) is 2.73. The van der Waals surface area contributed by atoms with Gasteiger partial charge in [-0.15, -0.1) is 5.10 Å². The van der Waals surface area contributed by atoms with Crippen molar-refractivity contribution in [2.24, 2.45) is 0 Å². The highest BCUT2D eigenvalue weighted by atomic mass is 32.2. The topological polar surface area (TPSA) is 72.7 Å². The van der Waals surface area contributed by atoms with Crippen LogP contribution in [0.3, 0.4) is 0 Å². The number of fused-ring (bicyclic) bond motifs is 1. The molecule has 4 rings (SSSR count). The van der Waals surface area contributed by atoms with E-state index in [1.165, 1.54) is 12.1 Å². The third kappa shape index (κ3) is 3.56. The molecular weight excluding hydrogens is 384 g/mol. The van der Waals surface area contributed by atoms with Crippen molar-refractivity contribution >= 4 is 34.1 Å². The molecule has 6 nitrogen and oxygen atoms in total. The molecule has 0 aliphatic rings. The van der Waals surface area contributed by atoms with Crippen molar-refractivity contribution in [3.05, 3.63) is 72.3 Å². The third-order valence-electron chi connectivity index (χ3n) is 3.99. The third-order valence-corrected chi connectivity index (χ3v) is 4.91. The van der Waals surface area contributed by atoms with E-state index in [-0.39, 0.29) is 11.4 Å². The van der Waals surface area contributed by atoms with Crippen molar-refractivity contribution in [1.29, 1.82) is 0 Å². The maximum absolute atomic E-state index is 13.7. The molecule has 1 heterocycles. The molecule has 0 aliphatic heterocycles. The maximum atomic E-state index is 13.7. The van der Waals surface area contributed by atoms with Gasteiger partial charge in [-0.25, -0.2) is 8.78 Å². The first-order valence-corrected chi connectivity index (χ1v) is 9.25. The highest BCUT2D eigenvalue weighted by molar-refractivity contribution is 7.99. The first kappa shape index (κ1) is 18.1. The van der Waals surface area contributed by atoms with Gasteiger partial charge in [0.2, 0.25) is 11.1 Å². The van der Waals surface area contributed by atoms with E-state index in [1.807, 2.05) is 42.5 Å². The van der Waals surface area contributed by atoms with Gasteiger partial charge in [-0.1, -0.05) is 54.2 Å². The van der Waals surface area contributed by atoms with Crippen LogP contribution in [0.15, 0.2) is 65.8 Å². The molecule has 0 saturated carbocycles. The van der Waals surface area contributed by atoms with Gasteiger partial charge in [0.25, 0.3) is 0 Å². The van der Waals surface area contributed by atoms with E-state index in [4.69, 9.17) is 0 Å². The minimum absolute atomic E-state index is 0.0684. The number of hydrogen-bond acceptors (Lipinski definition) is 5. The molecule has 4 aromatic rings. The lowest BCUT2D eigenvalue weighted by Gasteiger charge is -2.08. The van der Waals surface area contributed by atoms with E-state index in [0.717, 1.165) is 34.3 Å². The number of nitrogens with zero attached hydrogens (tertiary/aromatic N) is 4. The van der Waals surface area contributed by atoms with Gasteiger partial charge in [0.15, 0.2) is 11.6 Å². The number of rotatable bonds is 5. The summed E-state index contributed by atoms with van der Waals surface area (Å²) < 4.78 is 28.5. The molecule has 1 N–H and O–H groups in total. The zero-order valence-corrected chi connectivity index (χ0v) is 15.2. The van der Waals surface area contributed by atoms with E-state index in [0.29, 0.717) is 5.16 Å². The Kier molecular flexibility index (Phi) is 4.98. The summed E-state index contributed by atoms with van der Waals surface area (Å²) in [5.74, 6) is -2.69. The summed E-state index contributed by atoms with van der Waals surface area (Å²) in [6, 6.07) is 17.2. The second-order valence-electron chi connectivity index (χ2n) is 5.81. The number of halogens is 2. The number of aromatic nitrogens is 4. The second kappa shape index (κ2) is 7.73. The summed E-state index contributed by atoms with van der Waals surface area (Å²) in [7, 11) is 0. The summed E-state index contributed by atoms with van der Waals surface area (Å²) in [6.07, 6.45) is 0. The van der Waals surface area contributed by atoms with Gasteiger partial charge in [0.1, 0.15) is 0 Å². The van der Waals surface area contributed by atoms with Gasteiger partial charge < -0.3 is 5.32 Å². The molecule has 0 saturated heterocycles. The Labute approximate surface area is 162 Å². The van der Waals surface area contributed by atoms with Gasteiger partial charge in [-0.2, -0.15) is 4.68 Å². The first-order chi connectivity index (χ1) is 13.6. The highest BCUT2D eigenvalue weighted by Crippen LogP contribution is 2.25. The molecule has 3 aromatic carbocycles. The van der Waals surface area contributed by atoms with Gasteiger partial charge in [-0.05, 0) is 34.0 Å². The summed E-state index contributed by atoms with van der Waals surface area (Å²) in [5, 5.41) is 16.4. The zero-order valence-electron chi connectivity index (χ0n) is 14.3. The molecule has 1 amide bonds. The Bertz CT molecular complexity index is 1160. The lowest BCUT2D eigenvalue weighted by molar-refractivity contribution is -0.113. The van der Waals surface area contributed by atoms with Crippen LogP contribution in [0, 0.1) is 11.6 Å². The average molecular weight is 397 g/mol. The molecular formula is C19H13F2N5OS. The smallest absolute Gasteiger partial charge is 0.234 e. The van der Waals surface area contributed by atoms with Crippen molar-refractivity contribution in [3.8, 4) is 5.69 Å². The molecule has 0 atom stereocenters. The van der Waals surface area contributed by atoms with Crippen molar-refractivity contribution in [2.75, 3.05) is 11.1 Å². The van der Waals surface area contributed by atoms with Crippen LogP contribution in [0.25, 0.3) is 16.5 Å². The molecule has 140 valence electrons. The minimum Gasteiger partial charge on any atom is -0.323 e. The van der Waals surface area contributed by atoms with Crippen molar-refractivity contribution < 1.29 is 13.6 Å². The van der Waals surface area contributed by atoms with Crippen LogP contribution in [0.4, 0.5) is 14.5 Å². The van der Waals surface area contributed by atoms with Crippen LogP contribution in [0.1, 0.15) is 0 Å². The molecule has 28 heavy (non-hydrogen) atoms. The minimum atomic E-state index is -1.10. The van der Waals surface area contributed by atoms with Crippen molar-refractivity contribution in [2.45, 2.75) is 5.16 Å². The van der Waals surface area contributed by atoms with E-state index >= 15 is 0 Å². The Balaban J connectivity index is 1.52. The molecule has 0 aliphatic carbocycles. The summed E-state index contributed by atoms with van der Waals surface area (Å²) in [4.78, 5) is 12.1. The average Bonchev–Trinajstić information content (AvgIpc) is 3.18. The van der Waals surface area contributed by atoms with Crippen molar-refractivity contribution in [3.63, 3.8) is 0 Å². The van der Waals surface area contributed by atoms with Crippen LogP contribution >= 0.6 is 11.8 Å². The molecule has 0 radical (unpaired) electrons. The van der Waals surface area contributed by atoms with Gasteiger partial charge in [-0.3, -0.25) is 4.79 Å². The summed E-state index contributed by atoms with van der Waals surface area (Å²) >= 11 is 1.09. The van der Waals surface area contributed by atoms with Gasteiger partial charge in [0.05, 0.1) is 17.1 Å². The number of nitrogens with one attached hydrogen (secondary N) is 1. The fraction of sp³-hybridized carbons (Fsp3) is 0.0526. The molecule has 0 spiro atoms. The van der Waals surface area contributed by atoms with E-state index in [2.05, 4.69) is 20.8 Å². The fourth-order valence-corrected chi connectivity index (χ4v) is 3.41. The SMILES string of the molecule is O=C(CSc1nnnn1-c1cccc2ccccc12)Nc1cccc(F)c1F. The largest absolute Gasteiger partial charge is 0.323 e.